The summed E-state index contributed by atoms with van der Waals surface area (Å²) in [7, 11) is 1.05. The Kier molecular flexibility index (Phi) is 26.0. The van der Waals surface area contributed by atoms with E-state index >= 15 is 32.1 Å². The molecule has 9 aromatic heterocycles. The first-order valence-electron chi connectivity index (χ1n) is 40.1. The molecule has 704 valence electrons. The van der Waals surface area contributed by atoms with Crippen molar-refractivity contribution in [1.29, 1.82) is 0 Å². The topological polar surface area (TPSA) is 280 Å². The Morgan fingerprint density at radius 1 is 0.336 bits per heavy atom. The summed E-state index contributed by atoms with van der Waals surface area (Å²) in [6.07, 6.45) is -18.2. The lowest BCUT2D eigenvalue weighted by Crippen LogP contribution is -2.63. The van der Waals surface area contributed by atoms with Crippen LogP contribution in [-0.2, 0) is 130 Å². The monoisotopic (exact) mass is 1960 g/mol. The van der Waals surface area contributed by atoms with Gasteiger partial charge in [-0.3, -0.25) is 83.4 Å². The molecular weight excluding hydrogens is 1870 g/mol. The minimum atomic E-state index is -6.77. The number of carbonyl (C=O) groups excluding carboxylic acids is 3. The number of hydrogen-bond acceptors (Lipinski definition) is 19. The van der Waals surface area contributed by atoms with Crippen molar-refractivity contribution in [2.75, 3.05) is 0 Å². The van der Waals surface area contributed by atoms with Crippen LogP contribution in [0.4, 0.5) is 52.7 Å². The van der Waals surface area contributed by atoms with E-state index in [1.807, 2.05) is 0 Å². The van der Waals surface area contributed by atoms with Crippen LogP contribution < -0.4 is 48.2 Å². The zero-order valence-electron chi connectivity index (χ0n) is 75.4. The molecule has 0 radical (unpaired) electrons. The first-order chi connectivity index (χ1) is 59.9. The number of fused-ring (bicyclic) bond motifs is 3. The minimum Gasteiger partial charge on any atom is -0.287 e. The number of amides is 3. The van der Waals surface area contributed by atoms with Crippen molar-refractivity contribution in [2.24, 2.45) is 89.8 Å². The molecule has 0 saturated heterocycles. The first-order valence-corrected chi connectivity index (χ1v) is 46.9. The van der Waals surface area contributed by atoms with E-state index in [0.29, 0.717) is 70.4 Å². The normalized spacial score (nSPS) is 14.1. The third kappa shape index (κ3) is 17.3. The van der Waals surface area contributed by atoms with E-state index < -0.39 is 212 Å². The number of aromatic nitrogens is 9. The second-order valence-corrected chi connectivity index (χ2v) is 44.5. The fourth-order valence-corrected chi connectivity index (χ4v) is 26.7. The van der Waals surface area contributed by atoms with Crippen LogP contribution in [0.3, 0.4) is 0 Å². The van der Waals surface area contributed by atoms with Gasteiger partial charge in [0, 0.05) is 108 Å². The summed E-state index contributed by atoms with van der Waals surface area (Å²) in [6.45, 7) is 27.1. The van der Waals surface area contributed by atoms with Gasteiger partial charge < -0.3 is 0 Å². The summed E-state index contributed by atoms with van der Waals surface area (Å²) in [5.41, 5.74) is -32.0. The number of halogens is 12. The molecule has 12 aromatic rings. The molecule has 0 atom stereocenters. The van der Waals surface area contributed by atoms with Gasteiger partial charge in [0.15, 0.2) is 31.6 Å². The molecule has 0 aliphatic carbocycles. The molecule has 9 heterocycles. The number of thiophene rings is 3. The summed E-state index contributed by atoms with van der Waals surface area (Å²) in [5.74, 6) is -8.76. The van der Waals surface area contributed by atoms with Crippen molar-refractivity contribution >= 4 is 124 Å². The molecule has 25 nitrogen and oxygen atoms in total. The second kappa shape index (κ2) is 33.9. The van der Waals surface area contributed by atoms with Crippen LogP contribution in [-0.4, -0.2) is 58.8 Å². The highest BCUT2D eigenvalue weighted by Crippen LogP contribution is 2.73. The van der Waals surface area contributed by atoms with Crippen molar-refractivity contribution in [2.45, 2.75) is 180 Å². The molecular formula is C87H93F12N12O13PS6. The number of carbonyl (C=O) groups is 3. The highest BCUT2D eigenvalue weighted by atomic mass is 32.1. The van der Waals surface area contributed by atoms with Crippen LogP contribution in [0, 0.1) is 49.9 Å². The lowest BCUT2D eigenvalue weighted by Gasteiger charge is -2.60. The number of aryl methyl sites for hydroxylation is 3. The molecule has 0 spiro atoms. The van der Waals surface area contributed by atoms with Gasteiger partial charge in [0.1, 0.15) is 31.9 Å². The molecule has 44 heteroatoms. The van der Waals surface area contributed by atoms with Crippen LogP contribution >= 0.6 is 75.8 Å². The maximum atomic E-state index is 20.0. The zero-order chi connectivity index (χ0) is 98.0. The Hall–Kier alpha value is -9.85. The molecule has 0 unspecified atom stereocenters. The van der Waals surface area contributed by atoms with Gasteiger partial charge in [-0.15, -0.1) is 68.0 Å². The van der Waals surface area contributed by atoms with Crippen molar-refractivity contribution in [1.82, 2.24) is 41.1 Å². The van der Waals surface area contributed by atoms with E-state index in [-0.39, 0.29) is 64.4 Å². The Morgan fingerprint density at radius 3 is 0.740 bits per heavy atom. The summed E-state index contributed by atoms with van der Waals surface area (Å²) in [4.78, 5) is 142. The van der Waals surface area contributed by atoms with Crippen LogP contribution in [0.2, 0.25) is 0 Å². The van der Waals surface area contributed by atoms with Gasteiger partial charge >= 0.3 is 43.4 Å². The number of alkyl halides is 9. The maximum absolute atomic E-state index is 20.0. The number of nitrogens with zero attached hydrogens (tertiary/aromatic N) is 12. The van der Waals surface area contributed by atoms with Gasteiger partial charge in [-0.1, -0.05) is 143 Å². The average Bonchev–Trinajstić information content (AvgIpc) is 1.66. The third-order valence-corrected chi connectivity index (χ3v) is 30.3. The SMILES string of the molecule is Cn1c(=O)c2c(CC(=O)/N=c3\scc(-c4ccc(C(F)(F)F)c(F)c4)n3C(OP(=O)(OC(n3c(-c4ccc(C(F)(F)F)c(F)c4)cs/c3=N\C(=O)Cc3csc4c3c(=O)n(C)c(=O)n4C)(C(C)(C)C)C(C)(C)C)OC(n3c(-c4ccc(C(F)(F)F)c(F)c4)cs/c3=N\C(=O)Cc3csc4c3c(=O)n(C)c(=O)n4C)(C(C)(C)C)C(C)(C)C)(C(C)(C)C)C(C)(C)C)csc2n(C)c1=O. The number of phosphoric ester groups is 1. The number of thiazole rings is 3. The quantitative estimate of drug-likeness (QED) is 0.0571. The Balaban J connectivity index is 1.28. The molecule has 12 rings (SSSR count). The minimum absolute atomic E-state index is 0.0527. The van der Waals surface area contributed by atoms with Gasteiger partial charge in [0.2, 0.25) is 0 Å². The molecule has 0 N–H and O–H groups in total. The van der Waals surface area contributed by atoms with Crippen molar-refractivity contribution in [3.8, 4) is 33.8 Å². The highest BCUT2D eigenvalue weighted by molar-refractivity contribution is 7.48. The van der Waals surface area contributed by atoms with E-state index in [4.69, 9.17) is 28.5 Å². The second-order valence-electron chi connectivity index (χ2n) is 37.9. The molecule has 0 aliphatic rings. The molecule has 3 aromatic carbocycles. The van der Waals surface area contributed by atoms with Gasteiger partial charge in [-0.05, 0) is 69.2 Å². The van der Waals surface area contributed by atoms with Crippen LogP contribution in [0.15, 0.2) is 131 Å². The fourth-order valence-electron chi connectivity index (χ4n) is 17.9. The first kappa shape index (κ1) is 100. The lowest BCUT2D eigenvalue weighted by atomic mass is 9.68. The van der Waals surface area contributed by atoms with E-state index in [2.05, 4.69) is 0 Å². The summed E-state index contributed by atoms with van der Waals surface area (Å²) in [5, 5.41) is 7.87. The van der Waals surface area contributed by atoms with Gasteiger partial charge in [-0.2, -0.15) is 54.5 Å². The Morgan fingerprint density at radius 2 is 0.550 bits per heavy atom. The highest BCUT2D eigenvalue weighted by Gasteiger charge is 2.69. The summed E-state index contributed by atoms with van der Waals surface area (Å²) < 4.78 is 239. The smallest absolute Gasteiger partial charge is 0.287 e. The average molecular weight is 1970 g/mol. The van der Waals surface area contributed by atoms with Gasteiger partial charge in [0.25, 0.3) is 34.4 Å². The molecule has 131 heavy (non-hydrogen) atoms. The third-order valence-electron chi connectivity index (χ3n) is 23.0. The van der Waals surface area contributed by atoms with Crippen molar-refractivity contribution in [3.05, 3.63) is 215 Å². The number of rotatable bonds is 18. The Bertz CT molecular complexity index is 6660. The zero-order valence-corrected chi connectivity index (χ0v) is 81.2. The number of phosphoric acid groups is 1. The summed E-state index contributed by atoms with van der Waals surface area (Å²) in [6, 6.07) is 5.48. The van der Waals surface area contributed by atoms with E-state index in [0.717, 1.165) is 79.6 Å². The fraction of sp³-hybridized carbons (Fsp3) is 0.448. The summed E-state index contributed by atoms with van der Waals surface area (Å²) >= 11 is 4.62. The molecule has 0 bridgehead atoms. The van der Waals surface area contributed by atoms with Crippen LogP contribution in [0.25, 0.3) is 64.4 Å². The lowest BCUT2D eigenvalue weighted by molar-refractivity contribution is -0.261. The van der Waals surface area contributed by atoms with E-state index in [1.54, 1.807) is 0 Å². The molecule has 3 amide bonds. The standard InChI is InChI=1S/C87H93F12N12O13PS6/c1-76(2,3)85(77(4,5)6,109-55(43-25-28-49(52(88)31-43)82(91,92)93)40-129-70(109)100-58(112)34-46-37-126-67-61(46)64(115)103(19)73(118)106(67)22)122-125(121,123-86(78(7,8)9,79(10,11)12)110-56(44-26-29-50(53(89)32-44)83(94,95)96)41-130-71(110)101-59(113)35-47-38-127-68-62(47)65(116)104(20)74(119)107(68)23)124-87(80(13,14)15,81(16,17)18)111-57(45-27-30-51(54(90)33-45)84(97,98)99)42-131-72(111)102-60(114)36-48-39-128-69-63(48)66(117)105(21)75(120)108(69)24/h25-33,37-42H,34-36H2,1-24H3/b100-70-,101-71-,102-72-. The molecule has 0 aliphatic heterocycles. The van der Waals surface area contributed by atoms with Crippen LogP contribution in [0.1, 0.15) is 158 Å². The van der Waals surface area contributed by atoms with Crippen molar-refractivity contribution < 1.29 is 85.2 Å². The molecule has 0 saturated carbocycles. The maximum Gasteiger partial charge on any atom is 0.481 e. The predicted octanol–water partition coefficient (Wildman–Crippen LogP) is 18.4. The van der Waals surface area contributed by atoms with Crippen molar-refractivity contribution in [3.63, 3.8) is 0 Å². The van der Waals surface area contributed by atoms with Gasteiger partial charge in [0.05, 0.1) is 69.2 Å². The molecule has 0 fully saturated rings. The number of hydrogen-bond donors (Lipinski definition) is 0. The largest absolute Gasteiger partial charge is 0.481 e. The number of benzene rings is 3. The van der Waals surface area contributed by atoms with Crippen LogP contribution in [0.5, 0.6) is 0 Å². The van der Waals surface area contributed by atoms with Gasteiger partial charge in [-0.25, -0.2) is 32.1 Å². The Labute approximate surface area is 763 Å². The predicted molar refractivity (Wildman–Crippen MR) is 479 cm³/mol. The van der Waals surface area contributed by atoms with E-state index in [9.17, 15) is 68.3 Å². The van der Waals surface area contributed by atoms with E-state index in [1.165, 1.54) is 213 Å².